The highest BCUT2D eigenvalue weighted by molar-refractivity contribution is 7.80. The van der Waals surface area contributed by atoms with Crippen LogP contribution < -0.4 is 20.1 Å². The molecule has 0 atom stereocenters. The second-order valence-corrected chi connectivity index (χ2v) is 8.40. The van der Waals surface area contributed by atoms with Crippen LogP contribution in [0.3, 0.4) is 0 Å². The third-order valence-electron chi connectivity index (χ3n) is 5.49. The monoisotopic (exact) mass is 489 g/mol. The second-order valence-electron chi connectivity index (χ2n) is 7.99. The van der Waals surface area contributed by atoms with E-state index in [-0.39, 0.29) is 16.9 Å². The van der Waals surface area contributed by atoms with Crippen molar-refractivity contribution in [2.75, 3.05) is 31.6 Å². The fraction of sp³-hybridized carbons (Fsp3) is 0.222. The Hall–Kier alpha value is -3.91. The van der Waals surface area contributed by atoms with E-state index in [1.807, 2.05) is 47.4 Å². The molecule has 3 aromatic carbocycles. The Morgan fingerprint density at radius 1 is 0.829 bits per heavy atom. The number of nitrogens with zero attached hydrogens (tertiary/aromatic N) is 1. The number of hydrogen-bond acceptors (Lipinski definition) is 5. The first-order valence-corrected chi connectivity index (χ1v) is 11.9. The van der Waals surface area contributed by atoms with Crippen molar-refractivity contribution in [2.45, 2.75) is 12.8 Å². The largest absolute Gasteiger partial charge is 0.490 e. The van der Waals surface area contributed by atoms with Gasteiger partial charge in [-0.25, -0.2) is 0 Å². The van der Waals surface area contributed by atoms with E-state index in [2.05, 4.69) is 10.6 Å². The van der Waals surface area contributed by atoms with Crippen molar-refractivity contribution in [3.05, 3.63) is 90.0 Å². The molecule has 0 aliphatic carbocycles. The van der Waals surface area contributed by atoms with Gasteiger partial charge < -0.3 is 19.7 Å². The average Bonchev–Trinajstić information content (AvgIpc) is 3.42. The fourth-order valence-electron chi connectivity index (χ4n) is 3.76. The number of amides is 2. The van der Waals surface area contributed by atoms with Crippen molar-refractivity contribution in [3.8, 4) is 11.5 Å². The van der Waals surface area contributed by atoms with Crippen molar-refractivity contribution in [1.82, 2.24) is 10.2 Å². The quantitative estimate of drug-likeness (QED) is 0.358. The number of likely N-dealkylation sites (tertiary alicyclic amines) is 1. The van der Waals surface area contributed by atoms with Crippen LogP contribution in [0.15, 0.2) is 78.9 Å². The van der Waals surface area contributed by atoms with Crippen LogP contribution in [0.1, 0.15) is 33.6 Å². The maximum absolute atomic E-state index is 12.9. The first-order valence-electron chi connectivity index (χ1n) is 11.5. The van der Waals surface area contributed by atoms with Crippen LogP contribution in [0.2, 0.25) is 0 Å². The number of carbonyl (C=O) groups excluding carboxylic acids is 2. The number of carbonyl (C=O) groups is 2. The summed E-state index contributed by atoms with van der Waals surface area (Å²) in [6.07, 6.45) is 2.03. The van der Waals surface area contributed by atoms with E-state index in [1.165, 1.54) is 0 Å². The van der Waals surface area contributed by atoms with Gasteiger partial charge in [-0.1, -0.05) is 36.4 Å². The van der Waals surface area contributed by atoms with Crippen LogP contribution in [0.25, 0.3) is 0 Å². The van der Waals surface area contributed by atoms with Gasteiger partial charge in [0.1, 0.15) is 24.7 Å². The molecule has 1 heterocycles. The van der Waals surface area contributed by atoms with Crippen LogP contribution in [0.5, 0.6) is 11.5 Å². The molecule has 1 aliphatic rings. The SMILES string of the molecule is O=C(NC(=S)Nc1ccccc1C(=O)N1CCCC1)c1cccc(OCCOc2ccccc2)c1. The number of para-hydroxylation sites is 2. The molecule has 0 saturated carbocycles. The third-order valence-corrected chi connectivity index (χ3v) is 5.69. The molecule has 0 bridgehead atoms. The van der Waals surface area contributed by atoms with Gasteiger partial charge in [0.15, 0.2) is 5.11 Å². The van der Waals surface area contributed by atoms with Crippen LogP contribution in [0.4, 0.5) is 5.69 Å². The molecule has 2 N–H and O–H groups in total. The number of rotatable bonds is 8. The van der Waals surface area contributed by atoms with Crippen LogP contribution in [-0.4, -0.2) is 48.1 Å². The van der Waals surface area contributed by atoms with Gasteiger partial charge in [0.25, 0.3) is 11.8 Å². The lowest BCUT2D eigenvalue weighted by molar-refractivity contribution is 0.0793. The lowest BCUT2D eigenvalue weighted by atomic mass is 10.1. The van der Waals surface area contributed by atoms with Crippen molar-refractivity contribution in [1.29, 1.82) is 0 Å². The average molecular weight is 490 g/mol. The third kappa shape index (κ3) is 6.80. The molecule has 1 fully saturated rings. The minimum atomic E-state index is -0.378. The molecular formula is C27H27N3O4S. The van der Waals surface area contributed by atoms with Gasteiger partial charge in [-0.05, 0) is 67.5 Å². The molecule has 1 saturated heterocycles. The highest BCUT2D eigenvalue weighted by Gasteiger charge is 2.22. The lowest BCUT2D eigenvalue weighted by Crippen LogP contribution is -2.35. The fourth-order valence-corrected chi connectivity index (χ4v) is 3.96. The van der Waals surface area contributed by atoms with Gasteiger partial charge in [0.05, 0.1) is 11.3 Å². The van der Waals surface area contributed by atoms with E-state index in [9.17, 15) is 9.59 Å². The Labute approximate surface area is 210 Å². The summed E-state index contributed by atoms with van der Waals surface area (Å²) in [6, 6.07) is 23.5. The molecule has 0 spiro atoms. The molecule has 0 radical (unpaired) electrons. The van der Waals surface area contributed by atoms with Gasteiger partial charge in [-0.3, -0.25) is 14.9 Å². The molecule has 35 heavy (non-hydrogen) atoms. The summed E-state index contributed by atoms with van der Waals surface area (Å²) in [5.41, 5.74) is 1.49. The molecule has 0 aromatic heterocycles. The number of anilines is 1. The van der Waals surface area contributed by atoms with Crippen LogP contribution >= 0.6 is 12.2 Å². The molecule has 0 unspecified atom stereocenters. The molecule has 2 amide bonds. The lowest BCUT2D eigenvalue weighted by Gasteiger charge is -2.18. The normalized spacial score (nSPS) is 12.6. The summed E-state index contributed by atoms with van der Waals surface area (Å²) in [5, 5.41) is 5.77. The molecule has 7 nitrogen and oxygen atoms in total. The summed E-state index contributed by atoms with van der Waals surface area (Å²) in [4.78, 5) is 27.4. The Kier molecular flexibility index (Phi) is 8.30. The molecule has 4 rings (SSSR count). The van der Waals surface area contributed by atoms with E-state index in [1.54, 1.807) is 36.4 Å². The van der Waals surface area contributed by atoms with Crippen molar-refractivity contribution in [3.63, 3.8) is 0 Å². The highest BCUT2D eigenvalue weighted by atomic mass is 32.1. The number of thiocarbonyl (C=S) groups is 1. The van der Waals surface area contributed by atoms with Gasteiger partial charge in [-0.15, -0.1) is 0 Å². The van der Waals surface area contributed by atoms with E-state index in [0.29, 0.717) is 35.8 Å². The van der Waals surface area contributed by atoms with Crippen LogP contribution in [-0.2, 0) is 0 Å². The zero-order valence-electron chi connectivity index (χ0n) is 19.2. The Balaban J connectivity index is 1.30. The minimum absolute atomic E-state index is 0.0409. The molecule has 3 aromatic rings. The maximum Gasteiger partial charge on any atom is 0.257 e. The molecule has 8 heteroatoms. The summed E-state index contributed by atoms with van der Waals surface area (Å²) >= 11 is 5.34. The van der Waals surface area contributed by atoms with E-state index < -0.39 is 0 Å². The maximum atomic E-state index is 12.9. The Morgan fingerprint density at radius 3 is 2.26 bits per heavy atom. The molecule has 180 valence electrons. The summed E-state index contributed by atoms with van der Waals surface area (Å²) in [5.74, 6) is 0.904. The molecular weight excluding hydrogens is 462 g/mol. The Bertz CT molecular complexity index is 1180. The van der Waals surface area contributed by atoms with Crippen molar-refractivity contribution < 1.29 is 19.1 Å². The summed E-state index contributed by atoms with van der Waals surface area (Å²) < 4.78 is 11.3. The first kappa shape index (κ1) is 24.2. The standard InChI is InChI=1S/C27H27N3O4S/c31-25(20-9-8-12-22(19-20)34-18-17-33-21-10-2-1-3-11-21)29-27(35)28-24-14-5-4-13-23(24)26(32)30-15-6-7-16-30/h1-5,8-14,19H,6-7,15-18H2,(H2,28,29,31,35). The van der Waals surface area contributed by atoms with Gasteiger partial charge in [0, 0.05) is 18.7 Å². The predicted molar refractivity (Wildman–Crippen MR) is 139 cm³/mol. The summed E-state index contributed by atoms with van der Waals surface area (Å²) in [7, 11) is 0. The van der Waals surface area contributed by atoms with E-state index in [0.717, 1.165) is 31.7 Å². The van der Waals surface area contributed by atoms with Crippen molar-refractivity contribution in [2.24, 2.45) is 0 Å². The van der Waals surface area contributed by atoms with Gasteiger partial charge >= 0.3 is 0 Å². The number of hydrogen-bond donors (Lipinski definition) is 2. The first-order chi connectivity index (χ1) is 17.1. The Morgan fingerprint density at radius 2 is 1.49 bits per heavy atom. The number of nitrogens with one attached hydrogen (secondary N) is 2. The molecule has 1 aliphatic heterocycles. The van der Waals surface area contributed by atoms with Gasteiger partial charge in [-0.2, -0.15) is 0 Å². The zero-order chi connectivity index (χ0) is 24.5. The predicted octanol–water partition coefficient (Wildman–Crippen LogP) is 4.51. The smallest absolute Gasteiger partial charge is 0.257 e. The van der Waals surface area contributed by atoms with Gasteiger partial charge in [0.2, 0.25) is 0 Å². The number of ether oxygens (including phenoxy) is 2. The van der Waals surface area contributed by atoms with E-state index in [4.69, 9.17) is 21.7 Å². The summed E-state index contributed by atoms with van der Waals surface area (Å²) in [6.45, 7) is 2.22. The van der Waals surface area contributed by atoms with Crippen LogP contribution in [0, 0.1) is 0 Å². The van der Waals surface area contributed by atoms with Crippen molar-refractivity contribution >= 4 is 34.8 Å². The zero-order valence-corrected chi connectivity index (χ0v) is 20.1. The van der Waals surface area contributed by atoms with E-state index >= 15 is 0 Å². The number of benzene rings is 3. The topological polar surface area (TPSA) is 79.9 Å². The highest BCUT2D eigenvalue weighted by Crippen LogP contribution is 2.20. The second kappa shape index (κ2) is 12.0. The minimum Gasteiger partial charge on any atom is -0.490 e.